The van der Waals surface area contributed by atoms with Crippen LogP contribution in [0.2, 0.25) is 0 Å². The van der Waals surface area contributed by atoms with Crippen molar-refractivity contribution in [3.8, 4) is 17.4 Å². The minimum absolute atomic E-state index is 0.483. The van der Waals surface area contributed by atoms with Gasteiger partial charge in [-0.25, -0.2) is 0 Å². The van der Waals surface area contributed by atoms with Crippen molar-refractivity contribution in [2.75, 3.05) is 6.61 Å². The van der Waals surface area contributed by atoms with Gasteiger partial charge in [0.2, 0.25) is 0 Å². The first-order chi connectivity index (χ1) is 5.38. The van der Waals surface area contributed by atoms with Crippen molar-refractivity contribution >= 4 is 0 Å². The molecule has 2 nitrogen and oxygen atoms in total. The van der Waals surface area contributed by atoms with E-state index in [-0.39, 0.29) is 0 Å². The van der Waals surface area contributed by atoms with Crippen LogP contribution in [-0.4, -0.2) is 6.61 Å². The van der Waals surface area contributed by atoms with Gasteiger partial charge in [0.25, 0.3) is 6.26 Å². The number of hydrogen-bond acceptors (Lipinski definition) is 2. The number of benzene rings is 1. The van der Waals surface area contributed by atoms with Crippen LogP contribution in [-0.2, 0) is 4.74 Å². The molecule has 0 unspecified atom stereocenters. The molecule has 0 aromatic carbocycles. The third kappa shape index (κ3) is 1.71. The monoisotopic (exact) mass is 147 g/mol. The minimum Gasteiger partial charge on any atom is -0.428 e. The summed E-state index contributed by atoms with van der Waals surface area (Å²) in [5.41, 5.74) is 2.85. The summed E-state index contributed by atoms with van der Waals surface area (Å²) in [7, 11) is 0. The Morgan fingerprint density at radius 1 is 1.27 bits per heavy atom. The second kappa shape index (κ2) is 3.62. The van der Waals surface area contributed by atoms with Crippen LogP contribution in [0.5, 0.6) is 0 Å². The van der Waals surface area contributed by atoms with Crippen molar-refractivity contribution in [3.05, 3.63) is 24.3 Å². The molecule has 0 spiro atoms. The van der Waals surface area contributed by atoms with E-state index < -0.39 is 0 Å². The highest BCUT2D eigenvalue weighted by Gasteiger charge is 2.03. The van der Waals surface area contributed by atoms with Gasteiger partial charge in [-0.2, -0.15) is 5.26 Å². The lowest BCUT2D eigenvalue weighted by Gasteiger charge is -2.10. The predicted octanol–water partition coefficient (Wildman–Crippen LogP) is 2.17. The first-order valence-electron chi connectivity index (χ1n) is 3.49. The Labute approximate surface area is 66.0 Å². The zero-order valence-corrected chi connectivity index (χ0v) is 6.37. The molecule has 2 heteroatoms. The molecule has 0 saturated carbocycles. The molecular formula is C9H9NO. The molecular weight excluding hydrogens is 138 g/mol. The Kier molecular flexibility index (Phi) is 2.51. The SMILES string of the molecule is CCOC#N.c1cc2ccc1-2. The van der Waals surface area contributed by atoms with Crippen LogP contribution in [0, 0.1) is 11.5 Å². The molecule has 0 heterocycles. The minimum atomic E-state index is 0.483. The topological polar surface area (TPSA) is 33.0 Å². The van der Waals surface area contributed by atoms with Crippen molar-refractivity contribution < 1.29 is 4.74 Å². The summed E-state index contributed by atoms with van der Waals surface area (Å²) >= 11 is 0. The third-order valence-electron chi connectivity index (χ3n) is 1.43. The van der Waals surface area contributed by atoms with Crippen LogP contribution in [0.15, 0.2) is 24.3 Å². The molecule has 0 amide bonds. The maximum absolute atomic E-state index is 7.59. The van der Waals surface area contributed by atoms with Gasteiger partial charge in [0.1, 0.15) is 0 Å². The van der Waals surface area contributed by atoms with Crippen molar-refractivity contribution in [1.82, 2.24) is 0 Å². The van der Waals surface area contributed by atoms with E-state index in [0.717, 1.165) is 0 Å². The molecule has 2 aliphatic carbocycles. The molecule has 0 saturated heterocycles. The lowest BCUT2D eigenvalue weighted by molar-refractivity contribution is 0.291. The summed E-state index contributed by atoms with van der Waals surface area (Å²) in [6.07, 6.45) is 1.52. The maximum Gasteiger partial charge on any atom is 0.286 e. The quantitative estimate of drug-likeness (QED) is 0.579. The van der Waals surface area contributed by atoms with Gasteiger partial charge in [0, 0.05) is 0 Å². The van der Waals surface area contributed by atoms with E-state index in [0.29, 0.717) is 6.61 Å². The lowest BCUT2D eigenvalue weighted by atomic mass is 9.95. The van der Waals surface area contributed by atoms with Crippen LogP contribution in [0.4, 0.5) is 0 Å². The summed E-state index contributed by atoms with van der Waals surface area (Å²) in [6.45, 7) is 2.25. The van der Waals surface area contributed by atoms with Gasteiger partial charge in [-0.05, 0) is 18.1 Å². The van der Waals surface area contributed by atoms with Gasteiger partial charge in [0.05, 0.1) is 6.61 Å². The van der Waals surface area contributed by atoms with Crippen LogP contribution in [0.3, 0.4) is 0 Å². The molecule has 0 bridgehead atoms. The smallest absolute Gasteiger partial charge is 0.286 e. The Morgan fingerprint density at radius 3 is 1.73 bits per heavy atom. The Bertz CT molecular complexity index is 237. The number of hydrogen-bond donors (Lipinski definition) is 0. The molecule has 0 N–H and O–H groups in total. The fourth-order valence-corrected chi connectivity index (χ4v) is 0.727. The van der Waals surface area contributed by atoms with Crippen molar-refractivity contribution in [3.63, 3.8) is 0 Å². The fraction of sp³-hybridized carbons (Fsp3) is 0.222. The highest BCUT2D eigenvalue weighted by molar-refractivity contribution is 5.75. The second-order valence-electron chi connectivity index (χ2n) is 2.10. The van der Waals surface area contributed by atoms with Gasteiger partial charge in [-0.1, -0.05) is 24.3 Å². The summed E-state index contributed by atoms with van der Waals surface area (Å²) in [4.78, 5) is 0. The highest BCUT2D eigenvalue weighted by atomic mass is 16.5. The van der Waals surface area contributed by atoms with Gasteiger partial charge in [-0.15, -0.1) is 0 Å². The molecule has 2 rings (SSSR count). The largest absolute Gasteiger partial charge is 0.428 e. The normalized spacial score (nSPS) is 8.73. The van der Waals surface area contributed by atoms with E-state index in [1.807, 2.05) is 0 Å². The zero-order chi connectivity index (χ0) is 8.10. The van der Waals surface area contributed by atoms with Crippen LogP contribution >= 0.6 is 0 Å². The summed E-state index contributed by atoms with van der Waals surface area (Å²) in [5.74, 6) is 0. The Hall–Kier alpha value is -1.49. The maximum atomic E-state index is 7.59. The van der Waals surface area contributed by atoms with Gasteiger partial charge in [0.15, 0.2) is 0 Å². The lowest BCUT2D eigenvalue weighted by Crippen LogP contribution is -1.85. The molecule has 0 aromatic rings. The van der Waals surface area contributed by atoms with Crippen molar-refractivity contribution in [2.24, 2.45) is 0 Å². The molecule has 0 aliphatic heterocycles. The highest BCUT2D eigenvalue weighted by Crippen LogP contribution is 2.29. The van der Waals surface area contributed by atoms with Crippen LogP contribution in [0.25, 0.3) is 11.1 Å². The molecule has 0 aromatic heterocycles. The standard InChI is InChI=1S/C6H4.C3H5NO/c1-2-6-4-3-5(1)6;1-2-5-3-4/h1-4H;2H2,1H3. The predicted molar refractivity (Wildman–Crippen MR) is 42.7 cm³/mol. The molecule has 0 fully saturated rings. The summed E-state index contributed by atoms with van der Waals surface area (Å²) < 4.78 is 4.14. The number of rotatable bonds is 1. The van der Waals surface area contributed by atoms with Gasteiger partial charge < -0.3 is 4.74 Å². The van der Waals surface area contributed by atoms with E-state index in [4.69, 9.17) is 5.26 Å². The molecule has 56 valence electrons. The van der Waals surface area contributed by atoms with E-state index in [9.17, 15) is 0 Å². The van der Waals surface area contributed by atoms with Gasteiger partial charge >= 0.3 is 0 Å². The number of fused-ring (bicyclic) bond motifs is 1. The number of nitrogens with zero attached hydrogens (tertiary/aromatic N) is 1. The number of nitriles is 1. The average molecular weight is 147 g/mol. The molecule has 2 aliphatic rings. The zero-order valence-electron chi connectivity index (χ0n) is 6.37. The first-order valence-corrected chi connectivity index (χ1v) is 3.49. The molecule has 0 radical (unpaired) electrons. The van der Waals surface area contributed by atoms with Crippen LogP contribution < -0.4 is 0 Å². The van der Waals surface area contributed by atoms with Gasteiger partial charge in [-0.3, -0.25) is 0 Å². The Balaban J connectivity index is 0.000000114. The van der Waals surface area contributed by atoms with Crippen molar-refractivity contribution in [1.29, 1.82) is 5.26 Å². The molecule has 11 heavy (non-hydrogen) atoms. The average Bonchev–Trinajstić information content (AvgIpc) is 2.00. The van der Waals surface area contributed by atoms with Crippen LogP contribution in [0.1, 0.15) is 6.92 Å². The van der Waals surface area contributed by atoms with E-state index in [1.165, 1.54) is 17.4 Å². The van der Waals surface area contributed by atoms with E-state index >= 15 is 0 Å². The fourth-order valence-electron chi connectivity index (χ4n) is 0.727. The first kappa shape index (κ1) is 7.62. The summed E-state index contributed by atoms with van der Waals surface area (Å²) in [6, 6.07) is 8.48. The third-order valence-corrected chi connectivity index (χ3v) is 1.43. The van der Waals surface area contributed by atoms with E-state index in [2.05, 4.69) is 29.0 Å². The number of ether oxygens (including phenoxy) is 1. The van der Waals surface area contributed by atoms with E-state index in [1.54, 1.807) is 6.92 Å². The Morgan fingerprint density at radius 2 is 1.73 bits per heavy atom. The molecule has 0 atom stereocenters. The van der Waals surface area contributed by atoms with Crippen molar-refractivity contribution in [2.45, 2.75) is 6.92 Å². The second-order valence-corrected chi connectivity index (χ2v) is 2.10. The summed E-state index contributed by atoms with van der Waals surface area (Å²) in [5, 5.41) is 7.59.